The molecule has 0 aliphatic carbocycles. The van der Waals surface area contributed by atoms with Gasteiger partial charge in [-0.3, -0.25) is 4.79 Å². The largest absolute Gasteiger partial charge is 0.479 e. The Morgan fingerprint density at radius 2 is 2.00 bits per heavy atom. The predicted octanol–water partition coefficient (Wildman–Crippen LogP) is 2.97. The quantitative estimate of drug-likeness (QED) is 0.856. The first-order valence-electron chi connectivity index (χ1n) is 7.23. The van der Waals surface area contributed by atoms with Crippen LogP contribution in [0.1, 0.15) is 5.56 Å². The molecule has 1 aliphatic rings. The van der Waals surface area contributed by atoms with Crippen molar-refractivity contribution in [1.29, 1.82) is 5.26 Å². The van der Waals surface area contributed by atoms with E-state index in [1.807, 2.05) is 6.07 Å². The summed E-state index contributed by atoms with van der Waals surface area (Å²) in [6.45, 7) is 0.202. The summed E-state index contributed by atoms with van der Waals surface area (Å²) >= 11 is 0. The molecule has 6 heteroatoms. The fraction of sp³-hybridized carbons (Fsp3) is 0.111. The average Bonchev–Trinajstić information content (AvgIpc) is 3.07. The number of anilines is 1. The number of nitrogens with one attached hydrogen (secondary N) is 1. The van der Waals surface area contributed by atoms with Gasteiger partial charge < -0.3 is 19.5 Å². The van der Waals surface area contributed by atoms with Gasteiger partial charge in [0.1, 0.15) is 11.8 Å². The minimum atomic E-state index is -0.251. The van der Waals surface area contributed by atoms with Crippen LogP contribution in [0.5, 0.6) is 17.2 Å². The summed E-state index contributed by atoms with van der Waals surface area (Å²) in [6, 6.07) is 14.2. The second kappa shape index (κ2) is 7.20. The highest BCUT2D eigenvalue weighted by atomic mass is 16.7. The zero-order chi connectivity index (χ0) is 16.8. The number of nitriles is 1. The van der Waals surface area contributed by atoms with Crippen molar-refractivity contribution in [2.24, 2.45) is 0 Å². The number of benzene rings is 2. The molecule has 120 valence electrons. The van der Waals surface area contributed by atoms with E-state index in [9.17, 15) is 4.79 Å². The van der Waals surface area contributed by atoms with Crippen molar-refractivity contribution in [2.75, 3.05) is 18.7 Å². The fourth-order valence-electron chi connectivity index (χ4n) is 2.12. The summed E-state index contributed by atoms with van der Waals surface area (Å²) in [4.78, 5) is 12.0. The van der Waals surface area contributed by atoms with Gasteiger partial charge in [-0.2, -0.15) is 5.26 Å². The molecule has 0 saturated carbocycles. The maximum absolute atomic E-state index is 12.0. The molecule has 0 radical (unpaired) electrons. The Balaban J connectivity index is 1.58. The van der Waals surface area contributed by atoms with Crippen LogP contribution in [0, 0.1) is 11.3 Å². The van der Waals surface area contributed by atoms with Gasteiger partial charge in [0.25, 0.3) is 0 Å². The van der Waals surface area contributed by atoms with E-state index in [0.717, 1.165) is 5.56 Å². The highest BCUT2D eigenvalue weighted by Gasteiger charge is 2.13. The first-order chi connectivity index (χ1) is 11.7. The Morgan fingerprint density at radius 3 is 2.79 bits per heavy atom. The van der Waals surface area contributed by atoms with E-state index in [1.165, 1.54) is 6.08 Å². The molecule has 0 unspecified atom stereocenters. The van der Waals surface area contributed by atoms with Crippen LogP contribution < -0.4 is 19.5 Å². The van der Waals surface area contributed by atoms with Crippen molar-refractivity contribution < 1.29 is 19.0 Å². The van der Waals surface area contributed by atoms with Gasteiger partial charge in [-0.15, -0.1) is 0 Å². The van der Waals surface area contributed by atoms with Gasteiger partial charge in [-0.1, -0.05) is 12.1 Å². The Bertz CT molecular complexity index is 807. The number of carbonyl (C=O) groups excluding carboxylic acids is 1. The molecule has 0 aromatic heterocycles. The molecule has 0 fully saturated rings. The predicted molar refractivity (Wildman–Crippen MR) is 87.8 cm³/mol. The summed E-state index contributed by atoms with van der Waals surface area (Å²) in [5, 5.41) is 11.2. The highest BCUT2D eigenvalue weighted by molar-refractivity contribution is 6.02. The lowest BCUT2D eigenvalue weighted by atomic mass is 10.2. The molecule has 0 atom stereocenters. The monoisotopic (exact) mass is 322 g/mol. The van der Waals surface area contributed by atoms with E-state index in [0.29, 0.717) is 22.9 Å². The smallest absolute Gasteiger partial charge is 0.248 e. The van der Waals surface area contributed by atoms with Gasteiger partial charge in [0.05, 0.1) is 0 Å². The van der Waals surface area contributed by atoms with Crippen molar-refractivity contribution >= 4 is 17.7 Å². The van der Waals surface area contributed by atoms with E-state index >= 15 is 0 Å². The summed E-state index contributed by atoms with van der Waals surface area (Å²) in [5.41, 5.74) is 1.48. The molecule has 1 amide bonds. The first kappa shape index (κ1) is 15.4. The summed E-state index contributed by atoms with van der Waals surface area (Å²) < 4.78 is 15.7. The third kappa shape index (κ3) is 3.84. The molecule has 3 rings (SSSR count). The minimum absolute atomic E-state index is 0.00707. The van der Waals surface area contributed by atoms with E-state index < -0.39 is 0 Å². The molecule has 1 N–H and O–H groups in total. The van der Waals surface area contributed by atoms with Crippen LogP contribution in [-0.4, -0.2) is 19.3 Å². The molecule has 0 spiro atoms. The molecule has 24 heavy (non-hydrogen) atoms. The molecule has 0 saturated heterocycles. The standard InChI is InChI=1S/C18H14N2O4/c19-9-10-22-15-5-1-13(2-6-15)3-8-18(21)20-14-4-7-16-17(11-14)24-12-23-16/h1-8,11H,10,12H2,(H,20,21)/b8-3+. The molecular weight excluding hydrogens is 308 g/mol. The lowest BCUT2D eigenvalue weighted by Gasteiger charge is -2.03. The van der Waals surface area contributed by atoms with E-state index in [-0.39, 0.29) is 19.3 Å². The third-order valence-corrected chi connectivity index (χ3v) is 3.25. The van der Waals surface area contributed by atoms with Crippen LogP contribution in [-0.2, 0) is 4.79 Å². The van der Waals surface area contributed by atoms with Crippen LogP contribution >= 0.6 is 0 Å². The van der Waals surface area contributed by atoms with Gasteiger partial charge in [0.15, 0.2) is 18.1 Å². The Morgan fingerprint density at radius 1 is 1.21 bits per heavy atom. The Labute approximate surface area is 138 Å². The molecular formula is C18H14N2O4. The Hall–Kier alpha value is -3.46. The zero-order valence-corrected chi connectivity index (χ0v) is 12.7. The zero-order valence-electron chi connectivity index (χ0n) is 12.7. The summed E-state index contributed by atoms with van der Waals surface area (Å²) in [7, 11) is 0. The number of hydrogen-bond acceptors (Lipinski definition) is 5. The first-order valence-corrected chi connectivity index (χ1v) is 7.23. The number of amides is 1. The van der Waals surface area contributed by atoms with Crippen LogP contribution in [0.15, 0.2) is 48.5 Å². The molecule has 2 aromatic carbocycles. The Kier molecular flexibility index (Phi) is 4.63. The topological polar surface area (TPSA) is 80.6 Å². The molecule has 1 aliphatic heterocycles. The maximum Gasteiger partial charge on any atom is 0.248 e. The molecule has 0 bridgehead atoms. The normalized spacial score (nSPS) is 12.0. The number of nitrogens with zero attached hydrogens (tertiary/aromatic N) is 1. The van der Waals surface area contributed by atoms with Crippen LogP contribution in [0.2, 0.25) is 0 Å². The molecule has 2 aromatic rings. The van der Waals surface area contributed by atoms with E-state index in [4.69, 9.17) is 19.5 Å². The summed E-state index contributed by atoms with van der Waals surface area (Å²) in [5.74, 6) is 1.64. The van der Waals surface area contributed by atoms with Gasteiger partial charge in [0, 0.05) is 17.8 Å². The van der Waals surface area contributed by atoms with Gasteiger partial charge in [-0.05, 0) is 35.9 Å². The van der Waals surface area contributed by atoms with Crippen molar-refractivity contribution in [2.45, 2.75) is 0 Å². The maximum atomic E-state index is 12.0. The van der Waals surface area contributed by atoms with Gasteiger partial charge in [-0.25, -0.2) is 0 Å². The van der Waals surface area contributed by atoms with E-state index in [2.05, 4.69) is 5.32 Å². The third-order valence-electron chi connectivity index (χ3n) is 3.25. The molecule has 1 heterocycles. The van der Waals surface area contributed by atoms with E-state index in [1.54, 1.807) is 48.5 Å². The lowest BCUT2D eigenvalue weighted by molar-refractivity contribution is -0.111. The van der Waals surface area contributed by atoms with Crippen LogP contribution in [0.4, 0.5) is 5.69 Å². The second-order valence-corrected chi connectivity index (χ2v) is 4.91. The van der Waals surface area contributed by atoms with Crippen molar-refractivity contribution in [3.05, 3.63) is 54.1 Å². The fourth-order valence-corrected chi connectivity index (χ4v) is 2.12. The second-order valence-electron chi connectivity index (χ2n) is 4.91. The number of fused-ring (bicyclic) bond motifs is 1. The van der Waals surface area contributed by atoms with Crippen LogP contribution in [0.3, 0.4) is 0 Å². The average molecular weight is 322 g/mol. The van der Waals surface area contributed by atoms with Gasteiger partial charge in [0.2, 0.25) is 12.7 Å². The highest BCUT2D eigenvalue weighted by Crippen LogP contribution is 2.34. The number of rotatable bonds is 5. The molecule has 6 nitrogen and oxygen atoms in total. The van der Waals surface area contributed by atoms with Crippen molar-refractivity contribution in [3.63, 3.8) is 0 Å². The number of hydrogen-bond donors (Lipinski definition) is 1. The minimum Gasteiger partial charge on any atom is -0.479 e. The number of carbonyl (C=O) groups is 1. The number of ether oxygens (including phenoxy) is 3. The summed E-state index contributed by atoms with van der Waals surface area (Å²) in [6.07, 6.45) is 3.13. The van der Waals surface area contributed by atoms with Crippen molar-refractivity contribution in [1.82, 2.24) is 0 Å². The SMILES string of the molecule is N#CCOc1ccc(/C=C/C(=O)Nc2ccc3c(c2)OCO3)cc1. The van der Waals surface area contributed by atoms with Crippen molar-refractivity contribution in [3.8, 4) is 23.3 Å². The van der Waals surface area contributed by atoms with Crippen LogP contribution in [0.25, 0.3) is 6.08 Å². The van der Waals surface area contributed by atoms with Gasteiger partial charge >= 0.3 is 0 Å². The lowest BCUT2D eigenvalue weighted by Crippen LogP contribution is -2.07.